The van der Waals surface area contributed by atoms with Gasteiger partial charge >= 0.3 is 0 Å². The Morgan fingerprint density at radius 1 is 1.41 bits per heavy atom. The van der Waals surface area contributed by atoms with E-state index in [-0.39, 0.29) is 11.9 Å². The van der Waals surface area contributed by atoms with E-state index in [1.54, 1.807) is 18.5 Å². The Morgan fingerprint density at radius 3 is 3.09 bits per heavy atom. The molecule has 1 aromatic heterocycles. The van der Waals surface area contributed by atoms with Gasteiger partial charge in [-0.3, -0.25) is 9.78 Å². The number of rotatable bonds is 4. The second-order valence-electron chi connectivity index (χ2n) is 5.51. The normalized spacial score (nSPS) is 14.1. The Balaban J connectivity index is 1.62. The molecule has 114 valence electrons. The molecule has 1 atom stereocenters. The van der Waals surface area contributed by atoms with Crippen molar-refractivity contribution < 1.29 is 9.53 Å². The molecule has 1 amide bonds. The number of hydrogen-bond acceptors (Lipinski definition) is 3. The van der Waals surface area contributed by atoms with Gasteiger partial charge in [0.2, 0.25) is 0 Å². The fourth-order valence-electron chi connectivity index (χ4n) is 2.61. The fourth-order valence-corrected chi connectivity index (χ4v) is 2.98. The van der Waals surface area contributed by atoms with Crippen LogP contribution in [-0.4, -0.2) is 23.5 Å². The summed E-state index contributed by atoms with van der Waals surface area (Å²) in [6, 6.07) is 8.07. The van der Waals surface area contributed by atoms with Gasteiger partial charge in [0.25, 0.3) is 5.91 Å². The van der Waals surface area contributed by atoms with Crippen LogP contribution in [0.2, 0.25) is 0 Å². The Labute approximate surface area is 138 Å². The van der Waals surface area contributed by atoms with E-state index in [2.05, 4.69) is 38.4 Å². The van der Waals surface area contributed by atoms with Crippen LogP contribution in [0.1, 0.15) is 28.4 Å². The van der Waals surface area contributed by atoms with Crippen LogP contribution in [0.4, 0.5) is 0 Å². The van der Waals surface area contributed by atoms with Crippen molar-refractivity contribution in [2.24, 2.45) is 0 Å². The van der Waals surface area contributed by atoms with Gasteiger partial charge in [0.05, 0.1) is 12.2 Å². The minimum Gasteiger partial charge on any atom is -0.493 e. The summed E-state index contributed by atoms with van der Waals surface area (Å²) in [7, 11) is 0. The monoisotopic (exact) mass is 360 g/mol. The van der Waals surface area contributed by atoms with Gasteiger partial charge < -0.3 is 10.1 Å². The van der Waals surface area contributed by atoms with Crippen LogP contribution in [0.15, 0.2) is 41.1 Å². The van der Waals surface area contributed by atoms with Crippen molar-refractivity contribution in [2.45, 2.75) is 25.8 Å². The van der Waals surface area contributed by atoms with Gasteiger partial charge in [-0.25, -0.2) is 0 Å². The maximum absolute atomic E-state index is 12.2. The molecule has 1 N–H and O–H groups in total. The van der Waals surface area contributed by atoms with E-state index >= 15 is 0 Å². The quantitative estimate of drug-likeness (QED) is 0.910. The zero-order chi connectivity index (χ0) is 15.5. The van der Waals surface area contributed by atoms with Gasteiger partial charge in [-0.2, -0.15) is 0 Å². The van der Waals surface area contributed by atoms with E-state index in [9.17, 15) is 4.79 Å². The molecule has 0 aliphatic carbocycles. The summed E-state index contributed by atoms with van der Waals surface area (Å²) in [6.45, 7) is 2.77. The van der Waals surface area contributed by atoms with E-state index in [0.717, 1.165) is 29.7 Å². The summed E-state index contributed by atoms with van der Waals surface area (Å²) in [5.74, 6) is 0.881. The highest BCUT2D eigenvalue weighted by molar-refractivity contribution is 9.10. The van der Waals surface area contributed by atoms with Crippen molar-refractivity contribution >= 4 is 21.8 Å². The van der Waals surface area contributed by atoms with E-state index in [0.29, 0.717) is 5.56 Å². The van der Waals surface area contributed by atoms with Crippen LogP contribution in [0.3, 0.4) is 0 Å². The molecule has 1 aliphatic heterocycles. The summed E-state index contributed by atoms with van der Waals surface area (Å²) < 4.78 is 6.31. The third kappa shape index (κ3) is 3.47. The lowest BCUT2D eigenvalue weighted by Gasteiger charge is -2.14. The standard InChI is InChI=1S/C17H17BrN2O2/c1-11(20-17(21)14-8-15(18)10-19-9-14)6-12-2-3-16-13(7-12)4-5-22-16/h2-3,7-11H,4-6H2,1H3,(H,20,21)/t11-/m0/s1. The smallest absolute Gasteiger partial charge is 0.253 e. The van der Waals surface area contributed by atoms with Crippen LogP contribution >= 0.6 is 15.9 Å². The average molecular weight is 361 g/mol. The van der Waals surface area contributed by atoms with Crippen molar-refractivity contribution in [3.05, 3.63) is 57.8 Å². The summed E-state index contributed by atoms with van der Waals surface area (Å²) in [5, 5.41) is 3.01. The number of benzene rings is 1. The lowest BCUT2D eigenvalue weighted by molar-refractivity contribution is 0.0939. The molecule has 0 bridgehead atoms. The van der Waals surface area contributed by atoms with E-state index in [1.807, 2.05) is 13.0 Å². The molecule has 3 rings (SSSR count). The molecule has 0 fully saturated rings. The number of aromatic nitrogens is 1. The van der Waals surface area contributed by atoms with Crippen molar-refractivity contribution in [1.82, 2.24) is 10.3 Å². The average Bonchev–Trinajstić information content (AvgIpc) is 2.94. The molecule has 0 saturated heterocycles. The van der Waals surface area contributed by atoms with Gasteiger partial charge in [0, 0.05) is 29.3 Å². The number of fused-ring (bicyclic) bond motifs is 1. The van der Waals surface area contributed by atoms with Crippen LogP contribution in [-0.2, 0) is 12.8 Å². The highest BCUT2D eigenvalue weighted by Gasteiger charge is 2.15. The molecule has 0 unspecified atom stereocenters. The molecular formula is C17H17BrN2O2. The zero-order valence-electron chi connectivity index (χ0n) is 12.3. The van der Waals surface area contributed by atoms with E-state index in [4.69, 9.17) is 4.74 Å². The van der Waals surface area contributed by atoms with Crippen LogP contribution in [0.5, 0.6) is 5.75 Å². The first-order valence-corrected chi connectivity index (χ1v) is 8.07. The maximum atomic E-state index is 12.2. The first kappa shape index (κ1) is 15.0. The highest BCUT2D eigenvalue weighted by atomic mass is 79.9. The van der Waals surface area contributed by atoms with E-state index < -0.39 is 0 Å². The third-order valence-electron chi connectivity index (χ3n) is 3.64. The van der Waals surface area contributed by atoms with Gasteiger partial charge in [0.15, 0.2) is 0 Å². The molecule has 2 heterocycles. The van der Waals surface area contributed by atoms with Gasteiger partial charge in [-0.15, -0.1) is 0 Å². The highest BCUT2D eigenvalue weighted by Crippen LogP contribution is 2.26. The van der Waals surface area contributed by atoms with Crippen molar-refractivity contribution in [2.75, 3.05) is 6.61 Å². The number of pyridine rings is 1. The molecule has 0 saturated carbocycles. The first-order valence-electron chi connectivity index (χ1n) is 7.28. The topological polar surface area (TPSA) is 51.2 Å². The number of halogens is 1. The Kier molecular flexibility index (Phi) is 4.43. The summed E-state index contributed by atoms with van der Waals surface area (Å²) in [4.78, 5) is 16.2. The van der Waals surface area contributed by atoms with Gasteiger partial charge in [0.1, 0.15) is 5.75 Å². The molecule has 1 aliphatic rings. The molecule has 0 spiro atoms. The SMILES string of the molecule is C[C@@H](Cc1ccc2c(c1)CCO2)NC(=O)c1cncc(Br)c1. The predicted molar refractivity (Wildman–Crippen MR) is 88.2 cm³/mol. The van der Waals surface area contributed by atoms with Gasteiger partial charge in [-0.1, -0.05) is 12.1 Å². The summed E-state index contributed by atoms with van der Waals surface area (Å²) >= 11 is 3.32. The molecular weight excluding hydrogens is 344 g/mol. The van der Waals surface area contributed by atoms with Crippen molar-refractivity contribution in [1.29, 1.82) is 0 Å². The minimum atomic E-state index is -0.106. The number of ether oxygens (including phenoxy) is 1. The largest absolute Gasteiger partial charge is 0.493 e. The zero-order valence-corrected chi connectivity index (χ0v) is 13.9. The predicted octanol–water partition coefficient (Wildman–Crippen LogP) is 3.14. The van der Waals surface area contributed by atoms with Crippen LogP contribution in [0, 0.1) is 0 Å². The second-order valence-corrected chi connectivity index (χ2v) is 6.43. The second kappa shape index (κ2) is 6.48. The van der Waals surface area contributed by atoms with Gasteiger partial charge in [-0.05, 0) is 52.5 Å². The summed E-state index contributed by atoms with van der Waals surface area (Å²) in [6.07, 6.45) is 4.99. The third-order valence-corrected chi connectivity index (χ3v) is 4.07. The molecule has 1 aromatic carbocycles. The lowest BCUT2D eigenvalue weighted by Crippen LogP contribution is -2.34. The fraction of sp³-hybridized carbons (Fsp3) is 0.294. The first-order chi connectivity index (χ1) is 10.6. The Hall–Kier alpha value is -1.88. The molecule has 22 heavy (non-hydrogen) atoms. The lowest BCUT2D eigenvalue weighted by atomic mass is 10.0. The number of carbonyl (C=O) groups excluding carboxylic acids is 1. The molecule has 0 radical (unpaired) electrons. The Morgan fingerprint density at radius 2 is 2.27 bits per heavy atom. The number of carbonyl (C=O) groups is 1. The maximum Gasteiger partial charge on any atom is 0.253 e. The molecule has 2 aromatic rings. The number of amides is 1. The Bertz CT molecular complexity index is 703. The van der Waals surface area contributed by atoms with E-state index in [1.165, 1.54) is 11.1 Å². The minimum absolute atomic E-state index is 0.0480. The number of hydrogen-bond donors (Lipinski definition) is 1. The number of nitrogens with one attached hydrogen (secondary N) is 1. The molecule has 5 heteroatoms. The molecule has 4 nitrogen and oxygen atoms in total. The number of nitrogens with zero attached hydrogens (tertiary/aromatic N) is 1. The summed E-state index contributed by atoms with van der Waals surface area (Å²) in [5.41, 5.74) is 3.03. The van der Waals surface area contributed by atoms with Crippen LogP contribution < -0.4 is 10.1 Å². The van der Waals surface area contributed by atoms with Crippen molar-refractivity contribution in [3.8, 4) is 5.75 Å². The van der Waals surface area contributed by atoms with Crippen molar-refractivity contribution in [3.63, 3.8) is 0 Å². The van der Waals surface area contributed by atoms with Crippen LogP contribution in [0.25, 0.3) is 0 Å².